The number of halogens is 1. The number of non-ortho nitro benzene ring substituents is 1. The van der Waals surface area contributed by atoms with E-state index in [1.165, 1.54) is 18.6 Å². The smallest absolute Gasteiger partial charge is 0.258 e. The molecule has 1 aromatic rings. The Morgan fingerprint density at radius 2 is 2.00 bits per heavy atom. The summed E-state index contributed by atoms with van der Waals surface area (Å²) in [4.78, 5) is 10.0. The minimum Gasteiger partial charge on any atom is -0.258 e. The second-order valence-electron chi connectivity index (χ2n) is 3.08. The zero-order valence-corrected chi connectivity index (χ0v) is 10.4. The van der Waals surface area contributed by atoms with E-state index in [9.17, 15) is 10.1 Å². The Bertz CT molecular complexity index is 346. The predicted molar refractivity (Wildman–Crippen MR) is 70.3 cm³/mol. The first kappa shape index (κ1) is 12.2. The molecule has 0 aliphatic rings. The van der Waals surface area contributed by atoms with Crippen molar-refractivity contribution in [3.63, 3.8) is 0 Å². The topological polar surface area (TPSA) is 43.1 Å². The van der Waals surface area contributed by atoms with Crippen LogP contribution in [-0.2, 0) is 0 Å². The van der Waals surface area contributed by atoms with Crippen LogP contribution >= 0.6 is 22.6 Å². The van der Waals surface area contributed by atoms with Crippen LogP contribution in [0.25, 0.3) is 6.08 Å². The van der Waals surface area contributed by atoms with Crippen molar-refractivity contribution in [3.05, 3.63) is 46.0 Å². The van der Waals surface area contributed by atoms with E-state index in [0.29, 0.717) is 0 Å². The number of nitro groups is 1. The Balaban J connectivity index is 2.56. The first-order valence-corrected chi connectivity index (χ1v) is 6.23. The van der Waals surface area contributed by atoms with Gasteiger partial charge in [0.05, 0.1) is 4.92 Å². The molecule has 4 heteroatoms. The fraction of sp³-hybridized carbons (Fsp3) is 0.273. The van der Waals surface area contributed by atoms with Crippen molar-refractivity contribution in [2.45, 2.75) is 12.8 Å². The lowest BCUT2D eigenvalue weighted by Crippen LogP contribution is -1.86. The maximum absolute atomic E-state index is 10.4. The first-order valence-electron chi connectivity index (χ1n) is 4.71. The largest absolute Gasteiger partial charge is 0.269 e. The molecule has 1 rings (SSSR count). The van der Waals surface area contributed by atoms with E-state index >= 15 is 0 Å². The van der Waals surface area contributed by atoms with E-state index < -0.39 is 0 Å². The third kappa shape index (κ3) is 4.42. The zero-order chi connectivity index (χ0) is 11.1. The molecular formula is C11H12INO2. The van der Waals surface area contributed by atoms with Gasteiger partial charge in [-0.2, -0.15) is 0 Å². The summed E-state index contributed by atoms with van der Waals surface area (Å²) < 4.78 is 1.16. The van der Waals surface area contributed by atoms with Crippen LogP contribution in [0.3, 0.4) is 0 Å². The van der Waals surface area contributed by atoms with E-state index in [1.54, 1.807) is 12.1 Å². The standard InChI is InChI=1S/C11H12INO2/c12-9-3-1-2-4-10-5-7-11(8-6-10)13(14)15/h2,4-8H,1,3,9H2. The lowest BCUT2D eigenvalue weighted by molar-refractivity contribution is -0.384. The number of alkyl halides is 1. The quantitative estimate of drug-likeness (QED) is 0.272. The monoisotopic (exact) mass is 317 g/mol. The molecule has 0 spiro atoms. The van der Waals surface area contributed by atoms with Crippen LogP contribution < -0.4 is 0 Å². The fourth-order valence-corrected chi connectivity index (χ4v) is 1.56. The Morgan fingerprint density at radius 1 is 1.33 bits per heavy atom. The Labute approximate surface area is 102 Å². The van der Waals surface area contributed by atoms with Crippen molar-refractivity contribution in [1.82, 2.24) is 0 Å². The molecule has 0 amide bonds. The van der Waals surface area contributed by atoms with Crippen LogP contribution in [0.5, 0.6) is 0 Å². The van der Waals surface area contributed by atoms with Gasteiger partial charge in [0, 0.05) is 12.1 Å². The summed E-state index contributed by atoms with van der Waals surface area (Å²) in [6, 6.07) is 6.58. The lowest BCUT2D eigenvalue weighted by atomic mass is 10.2. The van der Waals surface area contributed by atoms with Gasteiger partial charge in [-0.15, -0.1) is 0 Å². The second-order valence-corrected chi connectivity index (χ2v) is 4.16. The molecule has 0 atom stereocenters. The molecular weight excluding hydrogens is 305 g/mol. The number of nitrogens with zero attached hydrogens (tertiary/aromatic N) is 1. The molecule has 0 saturated heterocycles. The number of unbranched alkanes of at least 4 members (excludes halogenated alkanes) is 1. The van der Waals surface area contributed by atoms with Gasteiger partial charge in [-0.1, -0.05) is 34.7 Å². The molecule has 0 saturated carbocycles. The molecule has 0 unspecified atom stereocenters. The summed E-state index contributed by atoms with van der Waals surface area (Å²) in [5.41, 5.74) is 1.15. The molecule has 0 aromatic heterocycles. The average molecular weight is 317 g/mol. The van der Waals surface area contributed by atoms with Crippen LogP contribution in [0.2, 0.25) is 0 Å². The van der Waals surface area contributed by atoms with Crippen molar-refractivity contribution in [1.29, 1.82) is 0 Å². The summed E-state index contributed by atoms with van der Waals surface area (Å²) >= 11 is 2.34. The van der Waals surface area contributed by atoms with Gasteiger partial charge in [-0.05, 0) is 35.0 Å². The molecule has 3 nitrogen and oxygen atoms in total. The van der Waals surface area contributed by atoms with Gasteiger partial charge in [-0.3, -0.25) is 10.1 Å². The van der Waals surface area contributed by atoms with Gasteiger partial charge in [0.1, 0.15) is 0 Å². The minimum absolute atomic E-state index is 0.138. The number of allylic oxidation sites excluding steroid dienone is 1. The van der Waals surface area contributed by atoms with E-state index in [1.807, 2.05) is 6.08 Å². The zero-order valence-electron chi connectivity index (χ0n) is 8.23. The molecule has 1 aromatic carbocycles. The van der Waals surface area contributed by atoms with Crippen LogP contribution in [-0.4, -0.2) is 9.35 Å². The minimum atomic E-state index is -0.385. The van der Waals surface area contributed by atoms with E-state index in [0.717, 1.165) is 16.4 Å². The Kier molecular flexibility index (Phi) is 5.31. The van der Waals surface area contributed by atoms with Crippen molar-refractivity contribution < 1.29 is 4.92 Å². The highest BCUT2D eigenvalue weighted by molar-refractivity contribution is 14.1. The van der Waals surface area contributed by atoms with Crippen LogP contribution in [0.4, 0.5) is 5.69 Å². The average Bonchev–Trinajstić information content (AvgIpc) is 2.25. The number of nitro benzene ring substituents is 1. The van der Waals surface area contributed by atoms with Gasteiger partial charge >= 0.3 is 0 Å². The van der Waals surface area contributed by atoms with Gasteiger partial charge < -0.3 is 0 Å². The van der Waals surface area contributed by atoms with Crippen molar-refractivity contribution >= 4 is 34.4 Å². The van der Waals surface area contributed by atoms with E-state index in [-0.39, 0.29) is 10.6 Å². The van der Waals surface area contributed by atoms with Crippen molar-refractivity contribution in [2.24, 2.45) is 0 Å². The maximum Gasteiger partial charge on any atom is 0.269 e. The van der Waals surface area contributed by atoms with E-state index in [4.69, 9.17) is 0 Å². The number of hydrogen-bond donors (Lipinski definition) is 0. The SMILES string of the molecule is O=[N+]([O-])c1ccc(C=CCCCI)cc1. The molecule has 0 aliphatic heterocycles. The van der Waals surface area contributed by atoms with Crippen LogP contribution in [0.15, 0.2) is 30.3 Å². The van der Waals surface area contributed by atoms with Gasteiger partial charge in [0.15, 0.2) is 0 Å². The summed E-state index contributed by atoms with van der Waals surface area (Å²) in [5.74, 6) is 0. The van der Waals surface area contributed by atoms with Gasteiger partial charge in [-0.25, -0.2) is 0 Å². The van der Waals surface area contributed by atoms with Crippen molar-refractivity contribution in [3.8, 4) is 0 Å². The van der Waals surface area contributed by atoms with Crippen LogP contribution in [0.1, 0.15) is 18.4 Å². The number of hydrogen-bond acceptors (Lipinski definition) is 2. The lowest BCUT2D eigenvalue weighted by Gasteiger charge is -1.93. The first-order chi connectivity index (χ1) is 7.24. The molecule has 0 N–H and O–H groups in total. The summed E-state index contributed by atoms with van der Waals surface area (Å²) in [6.45, 7) is 0. The molecule has 0 fully saturated rings. The highest BCUT2D eigenvalue weighted by Crippen LogP contribution is 2.13. The number of benzene rings is 1. The molecule has 80 valence electrons. The second kappa shape index (κ2) is 6.55. The number of rotatable bonds is 5. The van der Waals surface area contributed by atoms with Crippen molar-refractivity contribution in [2.75, 3.05) is 4.43 Å². The molecule has 15 heavy (non-hydrogen) atoms. The Hall–Kier alpha value is -0.910. The maximum atomic E-state index is 10.4. The Morgan fingerprint density at radius 3 is 2.53 bits per heavy atom. The summed E-state index contributed by atoms with van der Waals surface area (Å²) in [6.07, 6.45) is 6.32. The van der Waals surface area contributed by atoms with Crippen LogP contribution in [0, 0.1) is 10.1 Å². The van der Waals surface area contributed by atoms with Gasteiger partial charge in [0.25, 0.3) is 5.69 Å². The molecule has 0 bridgehead atoms. The van der Waals surface area contributed by atoms with Gasteiger partial charge in [0.2, 0.25) is 0 Å². The predicted octanol–water partition coefficient (Wildman–Crippen LogP) is 3.82. The molecule has 0 aliphatic carbocycles. The highest BCUT2D eigenvalue weighted by Gasteiger charge is 2.01. The molecule has 0 heterocycles. The summed E-state index contributed by atoms with van der Waals surface area (Å²) in [7, 11) is 0. The molecule has 0 radical (unpaired) electrons. The summed E-state index contributed by atoms with van der Waals surface area (Å²) in [5, 5.41) is 10.4. The highest BCUT2D eigenvalue weighted by atomic mass is 127. The van der Waals surface area contributed by atoms with E-state index in [2.05, 4.69) is 28.7 Å². The fourth-order valence-electron chi connectivity index (χ4n) is 1.12. The third-order valence-electron chi connectivity index (χ3n) is 1.92. The normalized spacial score (nSPS) is 10.7. The third-order valence-corrected chi connectivity index (χ3v) is 2.68.